The van der Waals surface area contributed by atoms with Crippen LogP contribution in [0, 0.1) is 12.8 Å². The molecule has 1 atom stereocenters. The number of nitrogens with one attached hydrogen (secondary N) is 2. The van der Waals surface area contributed by atoms with Crippen LogP contribution in [-0.4, -0.2) is 30.6 Å². The molecule has 0 spiro atoms. The molecule has 128 valence electrons. The van der Waals surface area contributed by atoms with Crippen LogP contribution >= 0.6 is 35.3 Å². The van der Waals surface area contributed by atoms with E-state index >= 15 is 0 Å². The van der Waals surface area contributed by atoms with Gasteiger partial charge in [-0.1, -0.05) is 26.7 Å². The summed E-state index contributed by atoms with van der Waals surface area (Å²) in [7, 11) is 1.82. The molecule has 0 aliphatic heterocycles. The molecule has 0 aliphatic rings. The minimum Gasteiger partial charge on any atom is -0.356 e. The van der Waals surface area contributed by atoms with Crippen LogP contribution in [0.4, 0.5) is 0 Å². The number of thiazole rings is 1. The van der Waals surface area contributed by atoms with E-state index in [0.717, 1.165) is 35.5 Å². The molecule has 0 radical (unpaired) electrons. The van der Waals surface area contributed by atoms with Crippen molar-refractivity contribution in [2.75, 3.05) is 13.6 Å². The van der Waals surface area contributed by atoms with Crippen molar-refractivity contribution in [1.82, 2.24) is 15.6 Å². The van der Waals surface area contributed by atoms with Gasteiger partial charge in [-0.15, -0.1) is 35.3 Å². The van der Waals surface area contributed by atoms with E-state index in [4.69, 9.17) is 0 Å². The van der Waals surface area contributed by atoms with Crippen LogP contribution in [0.3, 0.4) is 0 Å². The fraction of sp³-hybridized carbons (Fsp3) is 0.750. The van der Waals surface area contributed by atoms with Gasteiger partial charge in [-0.3, -0.25) is 4.99 Å². The maximum absolute atomic E-state index is 4.47. The van der Waals surface area contributed by atoms with Crippen LogP contribution in [0.2, 0.25) is 0 Å². The molecular formula is C16H31IN4S. The number of aliphatic imine (C=N–C) groups is 1. The van der Waals surface area contributed by atoms with Crippen molar-refractivity contribution in [1.29, 1.82) is 0 Å². The largest absolute Gasteiger partial charge is 0.356 e. The second-order valence-corrected chi connectivity index (χ2v) is 7.04. The zero-order chi connectivity index (χ0) is 15.7. The first-order valence-corrected chi connectivity index (χ1v) is 8.77. The molecule has 2 N–H and O–H groups in total. The smallest absolute Gasteiger partial charge is 0.191 e. The SMILES string of the molecule is CN=C(NCCc1csc(C)n1)NC(C)CCCC(C)C.I. The maximum Gasteiger partial charge on any atom is 0.191 e. The zero-order valence-corrected chi connectivity index (χ0v) is 17.6. The Bertz CT molecular complexity index is 432. The third kappa shape index (κ3) is 9.61. The predicted molar refractivity (Wildman–Crippen MR) is 109 cm³/mol. The van der Waals surface area contributed by atoms with Crippen LogP contribution in [0.15, 0.2) is 10.4 Å². The highest BCUT2D eigenvalue weighted by atomic mass is 127. The summed E-state index contributed by atoms with van der Waals surface area (Å²) < 4.78 is 0. The molecule has 1 aromatic heterocycles. The van der Waals surface area contributed by atoms with Gasteiger partial charge in [0.15, 0.2) is 5.96 Å². The fourth-order valence-electron chi connectivity index (χ4n) is 2.16. The normalized spacial score (nSPS) is 12.9. The van der Waals surface area contributed by atoms with E-state index in [2.05, 4.69) is 46.8 Å². The van der Waals surface area contributed by atoms with Crippen molar-refractivity contribution >= 4 is 41.3 Å². The quantitative estimate of drug-likeness (QED) is 0.367. The van der Waals surface area contributed by atoms with E-state index in [1.54, 1.807) is 11.3 Å². The van der Waals surface area contributed by atoms with Crippen LogP contribution in [0.1, 0.15) is 50.7 Å². The Balaban J connectivity index is 0.00000441. The van der Waals surface area contributed by atoms with Gasteiger partial charge in [0.25, 0.3) is 0 Å². The van der Waals surface area contributed by atoms with Gasteiger partial charge in [0.2, 0.25) is 0 Å². The molecule has 0 fully saturated rings. The number of halogens is 1. The van der Waals surface area contributed by atoms with E-state index in [1.165, 1.54) is 19.3 Å². The van der Waals surface area contributed by atoms with Crippen LogP contribution in [0.5, 0.6) is 0 Å². The van der Waals surface area contributed by atoms with Crippen molar-refractivity contribution < 1.29 is 0 Å². The van der Waals surface area contributed by atoms with Crippen molar-refractivity contribution in [2.45, 2.75) is 59.4 Å². The van der Waals surface area contributed by atoms with Gasteiger partial charge in [-0.25, -0.2) is 4.98 Å². The predicted octanol–water partition coefficient (Wildman–Crippen LogP) is 3.99. The number of nitrogens with zero attached hydrogens (tertiary/aromatic N) is 2. The van der Waals surface area contributed by atoms with Crippen LogP contribution < -0.4 is 10.6 Å². The highest BCUT2D eigenvalue weighted by Gasteiger charge is 2.06. The first-order valence-electron chi connectivity index (χ1n) is 7.89. The first kappa shape index (κ1) is 21.6. The lowest BCUT2D eigenvalue weighted by Crippen LogP contribution is -2.42. The molecule has 1 rings (SSSR count). The summed E-state index contributed by atoms with van der Waals surface area (Å²) in [6.45, 7) is 9.68. The molecule has 0 aliphatic carbocycles. The fourth-order valence-corrected chi connectivity index (χ4v) is 2.81. The number of aromatic nitrogens is 1. The third-order valence-corrected chi connectivity index (χ3v) is 4.19. The summed E-state index contributed by atoms with van der Waals surface area (Å²) in [6.07, 6.45) is 4.68. The van der Waals surface area contributed by atoms with E-state index in [-0.39, 0.29) is 24.0 Å². The van der Waals surface area contributed by atoms with Gasteiger partial charge in [0.1, 0.15) is 0 Å². The Morgan fingerprint density at radius 3 is 2.59 bits per heavy atom. The van der Waals surface area contributed by atoms with Crippen molar-refractivity contribution in [3.8, 4) is 0 Å². The lowest BCUT2D eigenvalue weighted by molar-refractivity contribution is 0.491. The molecule has 6 heteroatoms. The van der Waals surface area contributed by atoms with Crippen molar-refractivity contribution in [3.63, 3.8) is 0 Å². The van der Waals surface area contributed by atoms with E-state index < -0.39 is 0 Å². The monoisotopic (exact) mass is 438 g/mol. The summed E-state index contributed by atoms with van der Waals surface area (Å²) in [5.74, 6) is 1.68. The van der Waals surface area contributed by atoms with Gasteiger partial charge >= 0.3 is 0 Å². The van der Waals surface area contributed by atoms with Crippen LogP contribution in [-0.2, 0) is 6.42 Å². The Labute approximate surface area is 156 Å². The van der Waals surface area contributed by atoms with E-state index in [1.807, 2.05) is 14.0 Å². The van der Waals surface area contributed by atoms with Crippen LogP contribution in [0.25, 0.3) is 0 Å². The van der Waals surface area contributed by atoms with E-state index in [9.17, 15) is 0 Å². The average molecular weight is 438 g/mol. The average Bonchev–Trinajstić information content (AvgIpc) is 2.83. The minimum atomic E-state index is 0. The lowest BCUT2D eigenvalue weighted by atomic mass is 10.0. The number of rotatable bonds is 8. The summed E-state index contributed by atoms with van der Waals surface area (Å²) in [6, 6.07) is 0.455. The summed E-state index contributed by atoms with van der Waals surface area (Å²) in [5, 5.41) is 10.1. The minimum absolute atomic E-state index is 0. The molecule has 0 saturated carbocycles. The Hall–Kier alpha value is -0.370. The zero-order valence-electron chi connectivity index (χ0n) is 14.5. The second kappa shape index (κ2) is 12.1. The van der Waals surface area contributed by atoms with Crippen molar-refractivity contribution in [2.24, 2.45) is 10.9 Å². The number of aryl methyl sites for hydroxylation is 1. The second-order valence-electron chi connectivity index (χ2n) is 5.98. The summed E-state index contributed by atoms with van der Waals surface area (Å²) >= 11 is 1.71. The lowest BCUT2D eigenvalue weighted by Gasteiger charge is -2.18. The van der Waals surface area contributed by atoms with Gasteiger partial charge in [-0.05, 0) is 26.2 Å². The maximum atomic E-state index is 4.47. The molecule has 0 bridgehead atoms. The molecule has 0 amide bonds. The molecule has 1 aromatic rings. The summed E-state index contributed by atoms with van der Waals surface area (Å²) in [5.41, 5.74) is 1.16. The Morgan fingerprint density at radius 1 is 1.32 bits per heavy atom. The molecule has 0 saturated heterocycles. The standard InChI is InChI=1S/C16H30N4S.HI/c1-12(2)7-6-8-13(3)19-16(17-5)18-10-9-15-11-21-14(4)20-15;/h11-13H,6-10H2,1-5H3,(H2,17,18,19);1H. The third-order valence-electron chi connectivity index (χ3n) is 3.37. The van der Waals surface area contributed by atoms with Gasteiger partial charge in [-0.2, -0.15) is 0 Å². The molecular weight excluding hydrogens is 407 g/mol. The first-order chi connectivity index (χ1) is 10.0. The van der Waals surface area contributed by atoms with E-state index in [0.29, 0.717) is 6.04 Å². The highest BCUT2D eigenvalue weighted by molar-refractivity contribution is 14.0. The molecule has 4 nitrogen and oxygen atoms in total. The van der Waals surface area contributed by atoms with Gasteiger partial charge in [0.05, 0.1) is 10.7 Å². The topological polar surface area (TPSA) is 49.3 Å². The molecule has 1 heterocycles. The number of hydrogen-bond donors (Lipinski definition) is 2. The highest BCUT2D eigenvalue weighted by Crippen LogP contribution is 2.09. The molecule has 22 heavy (non-hydrogen) atoms. The van der Waals surface area contributed by atoms with Gasteiger partial charge < -0.3 is 10.6 Å². The molecule has 1 unspecified atom stereocenters. The van der Waals surface area contributed by atoms with Crippen molar-refractivity contribution in [3.05, 3.63) is 16.1 Å². The van der Waals surface area contributed by atoms with Gasteiger partial charge in [0, 0.05) is 31.4 Å². The Kier molecular flexibility index (Phi) is 11.9. The number of guanidine groups is 1. The molecule has 0 aromatic carbocycles. The summed E-state index contributed by atoms with van der Waals surface area (Å²) in [4.78, 5) is 8.75. The Morgan fingerprint density at radius 2 is 2.05 bits per heavy atom. The number of hydrogen-bond acceptors (Lipinski definition) is 3.